The van der Waals surface area contributed by atoms with Crippen LogP contribution < -0.4 is 5.32 Å². The van der Waals surface area contributed by atoms with Crippen LogP contribution in [0.3, 0.4) is 0 Å². The zero-order chi connectivity index (χ0) is 17.8. The number of nitrogens with zero attached hydrogens (tertiary/aromatic N) is 4. The number of likely N-dealkylation sites (tertiary alicyclic amines) is 1. The summed E-state index contributed by atoms with van der Waals surface area (Å²) in [5, 5.41) is 3.31. The van der Waals surface area contributed by atoms with E-state index in [1.807, 2.05) is 0 Å². The molecule has 9 nitrogen and oxygen atoms in total. The molecule has 2 saturated heterocycles. The SMILES string of the molecule is COC(=O)N1CCCC(OC2NC(c3ccncn3)CC(=O)N2C)C1. The zero-order valence-electron chi connectivity index (χ0n) is 14.4. The van der Waals surface area contributed by atoms with Gasteiger partial charge in [-0.1, -0.05) is 0 Å². The lowest BCUT2D eigenvalue weighted by Crippen LogP contribution is -2.57. The van der Waals surface area contributed by atoms with E-state index in [9.17, 15) is 9.59 Å². The van der Waals surface area contributed by atoms with E-state index in [0.29, 0.717) is 19.5 Å². The third-order valence-corrected chi connectivity index (χ3v) is 4.56. The molecule has 2 fully saturated rings. The molecule has 1 aromatic rings. The molecule has 1 N–H and O–H groups in total. The first-order chi connectivity index (χ1) is 12.1. The smallest absolute Gasteiger partial charge is 0.409 e. The summed E-state index contributed by atoms with van der Waals surface area (Å²) in [6.07, 6.45) is 4.00. The molecule has 2 aliphatic rings. The normalized spacial score (nSPS) is 27.3. The van der Waals surface area contributed by atoms with Crippen molar-refractivity contribution in [1.29, 1.82) is 0 Å². The molecule has 2 amide bonds. The monoisotopic (exact) mass is 349 g/mol. The molecule has 3 rings (SSSR count). The van der Waals surface area contributed by atoms with Gasteiger partial charge in [-0.25, -0.2) is 14.8 Å². The molecule has 3 unspecified atom stereocenters. The van der Waals surface area contributed by atoms with Gasteiger partial charge in [0.1, 0.15) is 6.33 Å². The Bertz CT molecular complexity index is 614. The average Bonchev–Trinajstić information content (AvgIpc) is 2.65. The minimum atomic E-state index is -0.566. The predicted octanol–water partition coefficient (Wildman–Crippen LogP) is 0.500. The van der Waals surface area contributed by atoms with Gasteiger partial charge >= 0.3 is 6.09 Å². The predicted molar refractivity (Wildman–Crippen MR) is 87.2 cm³/mol. The first-order valence-electron chi connectivity index (χ1n) is 8.34. The quantitative estimate of drug-likeness (QED) is 0.849. The Morgan fingerprint density at radius 1 is 1.44 bits per heavy atom. The second kappa shape index (κ2) is 7.75. The molecule has 3 heterocycles. The lowest BCUT2D eigenvalue weighted by atomic mass is 10.1. The van der Waals surface area contributed by atoms with E-state index in [0.717, 1.165) is 18.5 Å². The van der Waals surface area contributed by atoms with Crippen LogP contribution >= 0.6 is 0 Å². The van der Waals surface area contributed by atoms with Crippen molar-refractivity contribution in [3.63, 3.8) is 0 Å². The van der Waals surface area contributed by atoms with Crippen LogP contribution in [-0.4, -0.2) is 71.5 Å². The third kappa shape index (κ3) is 4.05. The number of rotatable bonds is 3. The van der Waals surface area contributed by atoms with Crippen molar-refractivity contribution in [2.45, 2.75) is 37.8 Å². The number of ether oxygens (including phenoxy) is 2. The Hall–Kier alpha value is -2.26. The summed E-state index contributed by atoms with van der Waals surface area (Å²) in [6.45, 7) is 1.11. The molecule has 3 atom stereocenters. The molecule has 2 aliphatic heterocycles. The highest BCUT2D eigenvalue weighted by molar-refractivity contribution is 5.77. The summed E-state index contributed by atoms with van der Waals surface area (Å²) in [5.74, 6) is -0.0204. The number of hydrogen-bond acceptors (Lipinski definition) is 7. The maximum absolute atomic E-state index is 12.3. The number of carbonyl (C=O) groups excluding carboxylic acids is 2. The molecule has 0 spiro atoms. The number of amides is 2. The maximum Gasteiger partial charge on any atom is 0.409 e. The molecule has 0 bridgehead atoms. The van der Waals surface area contributed by atoms with E-state index >= 15 is 0 Å². The standard InChI is InChI=1S/C16H23N5O4/c1-20-14(22)8-13(12-5-6-17-10-18-12)19-15(20)25-11-4-3-7-21(9-11)16(23)24-2/h5-6,10-11,13,15,19H,3-4,7-9H2,1-2H3. The summed E-state index contributed by atoms with van der Waals surface area (Å²) >= 11 is 0. The van der Waals surface area contributed by atoms with Gasteiger partial charge < -0.3 is 19.3 Å². The minimum absolute atomic E-state index is 0.0204. The van der Waals surface area contributed by atoms with Crippen LogP contribution in [0.15, 0.2) is 18.6 Å². The van der Waals surface area contributed by atoms with Crippen molar-refractivity contribution in [3.8, 4) is 0 Å². The molecular formula is C16H23N5O4. The van der Waals surface area contributed by atoms with Crippen molar-refractivity contribution in [2.24, 2.45) is 0 Å². The molecule has 0 aliphatic carbocycles. The lowest BCUT2D eigenvalue weighted by molar-refractivity contribution is -0.169. The first-order valence-corrected chi connectivity index (χ1v) is 8.34. The van der Waals surface area contributed by atoms with Gasteiger partial charge in [-0.05, 0) is 18.9 Å². The Kier molecular flexibility index (Phi) is 5.44. The molecule has 0 saturated carbocycles. The fourth-order valence-corrected chi connectivity index (χ4v) is 3.15. The van der Waals surface area contributed by atoms with Crippen LogP contribution in [0.1, 0.15) is 31.0 Å². The van der Waals surface area contributed by atoms with Crippen molar-refractivity contribution in [2.75, 3.05) is 27.2 Å². The molecule has 0 radical (unpaired) electrons. The fourth-order valence-electron chi connectivity index (χ4n) is 3.15. The van der Waals surface area contributed by atoms with Crippen LogP contribution in [0.2, 0.25) is 0 Å². The fraction of sp³-hybridized carbons (Fsp3) is 0.625. The highest BCUT2D eigenvalue weighted by Crippen LogP contribution is 2.24. The van der Waals surface area contributed by atoms with E-state index in [1.165, 1.54) is 13.4 Å². The van der Waals surface area contributed by atoms with Crippen LogP contribution in [0.4, 0.5) is 4.79 Å². The molecular weight excluding hydrogens is 326 g/mol. The molecule has 1 aromatic heterocycles. The molecule has 25 heavy (non-hydrogen) atoms. The Morgan fingerprint density at radius 2 is 2.28 bits per heavy atom. The number of aromatic nitrogens is 2. The number of carbonyl (C=O) groups is 2. The Labute approximate surface area is 146 Å². The van der Waals surface area contributed by atoms with Crippen LogP contribution in [-0.2, 0) is 14.3 Å². The van der Waals surface area contributed by atoms with Gasteiger partial charge in [0.15, 0.2) is 6.35 Å². The highest BCUT2D eigenvalue weighted by atomic mass is 16.5. The number of piperidine rings is 1. The van der Waals surface area contributed by atoms with Crippen molar-refractivity contribution in [3.05, 3.63) is 24.3 Å². The van der Waals surface area contributed by atoms with Gasteiger partial charge in [-0.3, -0.25) is 10.1 Å². The summed E-state index contributed by atoms with van der Waals surface area (Å²) in [5.41, 5.74) is 0.755. The Morgan fingerprint density at radius 3 is 3.00 bits per heavy atom. The molecule has 0 aromatic carbocycles. The minimum Gasteiger partial charge on any atom is -0.453 e. The van der Waals surface area contributed by atoms with E-state index in [2.05, 4.69) is 15.3 Å². The molecule has 136 valence electrons. The highest BCUT2D eigenvalue weighted by Gasteiger charge is 2.35. The van der Waals surface area contributed by atoms with Crippen molar-refractivity contribution < 1.29 is 19.1 Å². The summed E-state index contributed by atoms with van der Waals surface area (Å²) < 4.78 is 10.9. The van der Waals surface area contributed by atoms with Gasteiger partial charge in [0, 0.05) is 26.2 Å². The largest absolute Gasteiger partial charge is 0.453 e. The second-order valence-electron chi connectivity index (χ2n) is 6.23. The van der Waals surface area contributed by atoms with E-state index in [1.54, 1.807) is 29.1 Å². The van der Waals surface area contributed by atoms with E-state index in [-0.39, 0.29) is 24.1 Å². The van der Waals surface area contributed by atoms with E-state index < -0.39 is 6.35 Å². The van der Waals surface area contributed by atoms with E-state index in [4.69, 9.17) is 9.47 Å². The van der Waals surface area contributed by atoms with Crippen molar-refractivity contribution in [1.82, 2.24) is 25.1 Å². The van der Waals surface area contributed by atoms with Gasteiger partial charge in [0.25, 0.3) is 0 Å². The number of nitrogens with one attached hydrogen (secondary N) is 1. The summed E-state index contributed by atoms with van der Waals surface area (Å²) in [6, 6.07) is 1.56. The molecule has 9 heteroatoms. The summed E-state index contributed by atoms with van der Waals surface area (Å²) in [7, 11) is 3.07. The van der Waals surface area contributed by atoms with Crippen LogP contribution in [0.25, 0.3) is 0 Å². The summed E-state index contributed by atoms with van der Waals surface area (Å²) in [4.78, 5) is 35.3. The van der Waals surface area contributed by atoms with Crippen molar-refractivity contribution >= 4 is 12.0 Å². The maximum atomic E-state index is 12.3. The second-order valence-corrected chi connectivity index (χ2v) is 6.23. The van der Waals surface area contributed by atoms with Gasteiger partial charge in [0.2, 0.25) is 5.91 Å². The Balaban J connectivity index is 1.65. The van der Waals surface area contributed by atoms with Crippen LogP contribution in [0, 0.1) is 0 Å². The number of methoxy groups -OCH3 is 1. The van der Waals surface area contributed by atoms with Crippen LogP contribution in [0.5, 0.6) is 0 Å². The number of hydrogen-bond donors (Lipinski definition) is 1. The van der Waals surface area contributed by atoms with Gasteiger partial charge in [-0.15, -0.1) is 0 Å². The lowest BCUT2D eigenvalue weighted by Gasteiger charge is -2.41. The zero-order valence-corrected chi connectivity index (χ0v) is 14.4. The average molecular weight is 349 g/mol. The third-order valence-electron chi connectivity index (χ3n) is 4.56. The van der Waals surface area contributed by atoms with Gasteiger partial charge in [0.05, 0.1) is 31.5 Å². The van der Waals surface area contributed by atoms with Gasteiger partial charge in [-0.2, -0.15) is 0 Å². The topological polar surface area (TPSA) is 96.9 Å². The first kappa shape index (κ1) is 17.6.